The second-order valence-electron chi connectivity index (χ2n) is 7.80. The van der Waals surface area contributed by atoms with Crippen molar-refractivity contribution in [1.82, 2.24) is 10.2 Å². The van der Waals surface area contributed by atoms with Crippen LogP contribution < -0.4 is 10.1 Å². The van der Waals surface area contributed by atoms with E-state index in [2.05, 4.69) is 5.32 Å². The van der Waals surface area contributed by atoms with E-state index in [4.69, 9.17) is 16.3 Å². The molecule has 0 aromatic heterocycles. The van der Waals surface area contributed by atoms with Crippen molar-refractivity contribution in [2.75, 3.05) is 13.1 Å². The Morgan fingerprint density at radius 3 is 2.09 bits per heavy atom. The van der Waals surface area contributed by atoms with Crippen LogP contribution in [0.5, 0.6) is 11.5 Å². The normalized spacial score (nSPS) is 14.8. The van der Waals surface area contributed by atoms with Crippen LogP contribution >= 0.6 is 11.6 Å². The minimum absolute atomic E-state index is 0.0224. The van der Waals surface area contributed by atoms with Gasteiger partial charge in [0.2, 0.25) is 0 Å². The zero-order valence-electron chi connectivity index (χ0n) is 17.4. The molecule has 0 aliphatic carbocycles. The molecule has 0 saturated carbocycles. The van der Waals surface area contributed by atoms with Gasteiger partial charge in [-0.3, -0.25) is 9.69 Å². The third-order valence-corrected chi connectivity index (χ3v) is 5.78. The highest BCUT2D eigenvalue weighted by atomic mass is 35.5. The number of nitrogens with one attached hydrogen (secondary N) is 1. The summed E-state index contributed by atoms with van der Waals surface area (Å²) in [7, 11) is 0. The van der Waals surface area contributed by atoms with Crippen LogP contribution in [0.25, 0.3) is 0 Å². The molecule has 0 bridgehead atoms. The second-order valence-corrected chi connectivity index (χ2v) is 8.24. The van der Waals surface area contributed by atoms with Gasteiger partial charge in [-0.15, -0.1) is 0 Å². The van der Waals surface area contributed by atoms with Gasteiger partial charge in [-0.25, -0.2) is 8.78 Å². The van der Waals surface area contributed by atoms with Crippen LogP contribution in [-0.4, -0.2) is 29.9 Å². The van der Waals surface area contributed by atoms with Crippen molar-refractivity contribution >= 4 is 17.5 Å². The van der Waals surface area contributed by atoms with Crippen molar-refractivity contribution in [1.29, 1.82) is 0 Å². The first kappa shape index (κ1) is 22.2. The number of ether oxygens (including phenoxy) is 1. The quantitative estimate of drug-likeness (QED) is 0.509. The summed E-state index contributed by atoms with van der Waals surface area (Å²) in [5.41, 5.74) is 0.639. The van der Waals surface area contributed by atoms with Crippen LogP contribution in [0.15, 0.2) is 66.7 Å². The fraction of sp³-hybridized carbons (Fsp3) is 0.240. The monoisotopic (exact) mass is 456 g/mol. The van der Waals surface area contributed by atoms with E-state index in [9.17, 15) is 13.6 Å². The van der Waals surface area contributed by atoms with E-state index in [1.54, 1.807) is 48.5 Å². The summed E-state index contributed by atoms with van der Waals surface area (Å²) in [5.74, 6) is 0.0839. The molecule has 32 heavy (non-hydrogen) atoms. The van der Waals surface area contributed by atoms with Crippen LogP contribution in [0.3, 0.4) is 0 Å². The Balaban J connectivity index is 1.27. The van der Waals surface area contributed by atoms with Gasteiger partial charge in [0, 0.05) is 41.8 Å². The number of piperidine rings is 1. The van der Waals surface area contributed by atoms with E-state index in [1.807, 2.05) is 4.90 Å². The summed E-state index contributed by atoms with van der Waals surface area (Å²) in [6.07, 6.45) is 1.44. The molecule has 1 N–H and O–H groups in total. The van der Waals surface area contributed by atoms with Crippen LogP contribution in [-0.2, 0) is 6.54 Å². The van der Waals surface area contributed by atoms with Crippen molar-refractivity contribution in [2.45, 2.75) is 25.4 Å². The number of hydrogen-bond acceptors (Lipinski definition) is 3. The van der Waals surface area contributed by atoms with Crippen LogP contribution in [0.1, 0.15) is 28.8 Å². The number of benzene rings is 3. The first-order chi connectivity index (χ1) is 15.5. The SMILES string of the molecule is O=C(NC1CCN(Cc2c(F)cccc2F)CC1)c1ccc(Oc2ccc(Cl)cc2)cc1. The molecule has 3 aromatic carbocycles. The molecular formula is C25H23ClF2N2O2. The molecule has 1 saturated heterocycles. The van der Waals surface area contributed by atoms with Crippen LogP contribution in [0, 0.1) is 11.6 Å². The van der Waals surface area contributed by atoms with E-state index < -0.39 is 11.6 Å². The minimum atomic E-state index is -0.524. The van der Waals surface area contributed by atoms with Gasteiger partial charge in [0.15, 0.2) is 0 Å². The third kappa shape index (κ3) is 5.64. The lowest BCUT2D eigenvalue weighted by Crippen LogP contribution is -2.44. The van der Waals surface area contributed by atoms with Gasteiger partial charge in [0.05, 0.1) is 0 Å². The Kier molecular flexibility index (Phi) is 7.02. The first-order valence-corrected chi connectivity index (χ1v) is 10.9. The highest BCUT2D eigenvalue weighted by Gasteiger charge is 2.23. The molecule has 1 fully saturated rings. The van der Waals surface area contributed by atoms with Gasteiger partial charge in [-0.1, -0.05) is 17.7 Å². The molecule has 0 spiro atoms. The molecule has 0 atom stereocenters. The molecule has 166 valence electrons. The molecule has 0 unspecified atom stereocenters. The standard InChI is InChI=1S/C25H23ClF2N2O2/c26-18-6-10-21(11-7-18)32-20-8-4-17(5-9-20)25(31)29-19-12-14-30(15-13-19)16-22-23(27)2-1-3-24(22)28/h1-11,19H,12-16H2,(H,29,31). The summed E-state index contributed by atoms with van der Waals surface area (Å²) in [5, 5.41) is 3.68. The summed E-state index contributed by atoms with van der Waals surface area (Å²) in [6.45, 7) is 1.55. The Morgan fingerprint density at radius 1 is 0.938 bits per heavy atom. The van der Waals surface area contributed by atoms with Gasteiger partial charge in [0.25, 0.3) is 5.91 Å². The maximum atomic E-state index is 13.9. The zero-order chi connectivity index (χ0) is 22.5. The Bertz CT molecular complexity index is 1050. The smallest absolute Gasteiger partial charge is 0.251 e. The molecule has 4 nitrogen and oxygen atoms in total. The van der Waals surface area contributed by atoms with Crippen molar-refractivity contribution in [3.63, 3.8) is 0 Å². The number of hydrogen-bond donors (Lipinski definition) is 1. The zero-order valence-corrected chi connectivity index (χ0v) is 18.1. The second kappa shape index (κ2) is 10.1. The molecule has 7 heteroatoms. The molecule has 3 aromatic rings. The number of likely N-dealkylation sites (tertiary alicyclic amines) is 1. The van der Waals surface area contributed by atoms with E-state index in [-0.39, 0.29) is 24.1 Å². The summed E-state index contributed by atoms with van der Waals surface area (Å²) in [6, 6.07) is 17.9. The predicted molar refractivity (Wildman–Crippen MR) is 120 cm³/mol. The van der Waals surface area contributed by atoms with Crippen molar-refractivity contribution < 1.29 is 18.3 Å². The average molecular weight is 457 g/mol. The fourth-order valence-electron chi connectivity index (χ4n) is 3.72. The number of amides is 1. The Labute approximate surface area is 190 Å². The molecular weight excluding hydrogens is 434 g/mol. The van der Waals surface area contributed by atoms with Gasteiger partial charge < -0.3 is 10.1 Å². The minimum Gasteiger partial charge on any atom is -0.457 e. The highest BCUT2D eigenvalue weighted by Crippen LogP contribution is 2.24. The van der Waals surface area contributed by atoms with E-state index in [0.29, 0.717) is 35.2 Å². The van der Waals surface area contributed by atoms with Gasteiger partial charge in [-0.2, -0.15) is 0 Å². The lowest BCUT2D eigenvalue weighted by atomic mass is 10.0. The number of nitrogens with zero attached hydrogens (tertiary/aromatic N) is 1. The number of halogens is 3. The lowest BCUT2D eigenvalue weighted by Gasteiger charge is -2.32. The molecule has 1 aliphatic rings. The van der Waals surface area contributed by atoms with Crippen molar-refractivity contribution in [2.24, 2.45) is 0 Å². The summed E-state index contributed by atoms with van der Waals surface area (Å²) in [4.78, 5) is 14.6. The van der Waals surface area contributed by atoms with E-state index in [1.165, 1.54) is 18.2 Å². The predicted octanol–water partition coefficient (Wildman–Crippen LogP) is 5.80. The lowest BCUT2D eigenvalue weighted by molar-refractivity contribution is 0.0908. The van der Waals surface area contributed by atoms with Gasteiger partial charge >= 0.3 is 0 Å². The Morgan fingerprint density at radius 2 is 1.50 bits per heavy atom. The van der Waals surface area contributed by atoms with Crippen LogP contribution in [0.4, 0.5) is 8.78 Å². The van der Waals surface area contributed by atoms with E-state index in [0.717, 1.165) is 12.8 Å². The topological polar surface area (TPSA) is 41.6 Å². The third-order valence-electron chi connectivity index (χ3n) is 5.53. The molecule has 4 rings (SSSR count). The summed E-state index contributed by atoms with van der Waals surface area (Å²) >= 11 is 5.87. The first-order valence-electron chi connectivity index (χ1n) is 10.5. The highest BCUT2D eigenvalue weighted by molar-refractivity contribution is 6.30. The molecule has 1 aliphatic heterocycles. The molecule has 1 heterocycles. The van der Waals surface area contributed by atoms with E-state index >= 15 is 0 Å². The molecule has 1 amide bonds. The number of carbonyl (C=O) groups is 1. The Hall–Kier alpha value is -2.96. The van der Waals surface area contributed by atoms with Gasteiger partial charge in [0.1, 0.15) is 23.1 Å². The largest absolute Gasteiger partial charge is 0.457 e. The maximum Gasteiger partial charge on any atom is 0.251 e. The molecule has 0 radical (unpaired) electrons. The number of rotatable bonds is 6. The van der Waals surface area contributed by atoms with Crippen molar-refractivity contribution in [3.8, 4) is 11.5 Å². The number of carbonyl (C=O) groups excluding carboxylic acids is 1. The fourth-order valence-corrected chi connectivity index (χ4v) is 3.85. The van der Waals surface area contributed by atoms with Crippen LogP contribution in [0.2, 0.25) is 5.02 Å². The average Bonchev–Trinajstić information content (AvgIpc) is 2.79. The van der Waals surface area contributed by atoms with Crippen molar-refractivity contribution in [3.05, 3.63) is 94.5 Å². The summed E-state index contributed by atoms with van der Waals surface area (Å²) < 4.78 is 33.5. The maximum absolute atomic E-state index is 13.9. The van der Waals surface area contributed by atoms with Gasteiger partial charge in [-0.05, 0) is 73.5 Å².